The van der Waals surface area contributed by atoms with Crippen molar-refractivity contribution in [3.05, 3.63) is 0 Å². The quantitative estimate of drug-likeness (QED) is 0.460. The summed E-state index contributed by atoms with van der Waals surface area (Å²) in [6.45, 7) is 3.22. The molecular weight excluding hydrogens is 319 g/mol. The maximum atomic E-state index is 12.1. The zero-order valence-corrected chi connectivity index (χ0v) is 13.8. The summed E-state index contributed by atoms with van der Waals surface area (Å²) in [5.74, 6) is -1.59. The number of rotatable bonds is 9. The van der Waals surface area contributed by atoms with Crippen LogP contribution >= 0.6 is 7.75 Å². The molecule has 0 aliphatic carbocycles. The van der Waals surface area contributed by atoms with Crippen LogP contribution in [0.5, 0.6) is 0 Å². The lowest BCUT2D eigenvalue weighted by Gasteiger charge is -2.20. The van der Waals surface area contributed by atoms with E-state index in [1.54, 1.807) is 13.8 Å². The van der Waals surface area contributed by atoms with Crippen LogP contribution in [0.3, 0.4) is 0 Å². The molecule has 0 aliphatic heterocycles. The standard InChI is InChI=1S/C11H21N2O8P/c1-5-20-22(17,21-6-2)13-11(16)12-8(10(15)19-4)7-9(14)18-3/h8H,5-7H2,1-4H3,(H2,12,13,16,17)/t8-/m0/s1. The van der Waals surface area contributed by atoms with Crippen LogP contribution in [0.25, 0.3) is 0 Å². The summed E-state index contributed by atoms with van der Waals surface area (Å²) in [6, 6.07) is -2.31. The van der Waals surface area contributed by atoms with E-state index < -0.39 is 38.2 Å². The van der Waals surface area contributed by atoms with Crippen molar-refractivity contribution in [2.75, 3.05) is 27.4 Å². The lowest BCUT2D eigenvalue weighted by Crippen LogP contribution is -2.47. The van der Waals surface area contributed by atoms with Crippen molar-refractivity contribution >= 4 is 25.7 Å². The number of esters is 2. The Balaban J connectivity index is 4.83. The van der Waals surface area contributed by atoms with Gasteiger partial charge in [0.15, 0.2) is 0 Å². The molecular formula is C11H21N2O8P. The highest BCUT2D eigenvalue weighted by Crippen LogP contribution is 2.43. The van der Waals surface area contributed by atoms with E-state index >= 15 is 0 Å². The minimum absolute atomic E-state index is 0.0418. The van der Waals surface area contributed by atoms with Crippen LogP contribution in [0.2, 0.25) is 0 Å². The van der Waals surface area contributed by atoms with Gasteiger partial charge in [-0.15, -0.1) is 0 Å². The summed E-state index contributed by atoms with van der Waals surface area (Å²) in [6.07, 6.45) is -0.440. The number of urea groups is 1. The van der Waals surface area contributed by atoms with Crippen LogP contribution in [0.15, 0.2) is 0 Å². The van der Waals surface area contributed by atoms with Crippen LogP contribution < -0.4 is 10.4 Å². The molecule has 2 N–H and O–H groups in total. The Morgan fingerprint density at radius 3 is 2.00 bits per heavy atom. The van der Waals surface area contributed by atoms with Crippen molar-refractivity contribution in [2.24, 2.45) is 0 Å². The third-order valence-corrected chi connectivity index (χ3v) is 3.90. The van der Waals surface area contributed by atoms with Gasteiger partial charge in [-0.2, -0.15) is 0 Å². The van der Waals surface area contributed by atoms with Gasteiger partial charge in [-0.25, -0.2) is 19.2 Å². The molecule has 0 aromatic carbocycles. The Morgan fingerprint density at radius 1 is 1.05 bits per heavy atom. The molecule has 0 aromatic rings. The van der Waals surface area contributed by atoms with Crippen molar-refractivity contribution in [1.82, 2.24) is 10.4 Å². The van der Waals surface area contributed by atoms with Gasteiger partial charge in [0.1, 0.15) is 6.04 Å². The van der Waals surface area contributed by atoms with E-state index in [2.05, 4.69) is 14.8 Å². The van der Waals surface area contributed by atoms with Gasteiger partial charge in [0, 0.05) is 0 Å². The molecule has 2 amide bonds. The minimum atomic E-state index is -3.84. The normalized spacial score (nSPS) is 12.2. The molecule has 0 aromatic heterocycles. The second kappa shape index (κ2) is 10.1. The molecule has 0 saturated heterocycles. The SMILES string of the molecule is CCOP(=O)(NC(=O)N[C@@H](CC(=O)OC)C(=O)OC)OCC. The van der Waals surface area contributed by atoms with Gasteiger partial charge in [0.05, 0.1) is 33.9 Å². The smallest absolute Gasteiger partial charge is 0.436 e. The fraction of sp³-hybridized carbons (Fsp3) is 0.727. The lowest BCUT2D eigenvalue weighted by molar-refractivity contribution is -0.149. The molecule has 0 unspecified atom stereocenters. The summed E-state index contributed by atoms with van der Waals surface area (Å²) in [4.78, 5) is 34.5. The Hall–Kier alpha value is -1.64. The fourth-order valence-electron chi connectivity index (χ4n) is 1.34. The van der Waals surface area contributed by atoms with Gasteiger partial charge in [0.25, 0.3) is 0 Å². The Bertz CT molecular complexity index is 432. The van der Waals surface area contributed by atoms with E-state index in [1.165, 1.54) is 0 Å². The number of hydrogen-bond acceptors (Lipinski definition) is 8. The number of ether oxygens (including phenoxy) is 2. The van der Waals surface area contributed by atoms with E-state index in [9.17, 15) is 18.9 Å². The van der Waals surface area contributed by atoms with E-state index in [-0.39, 0.29) is 13.2 Å². The highest BCUT2D eigenvalue weighted by atomic mass is 31.2. The molecule has 128 valence electrons. The van der Waals surface area contributed by atoms with Gasteiger partial charge in [-0.1, -0.05) is 0 Å². The molecule has 0 heterocycles. The summed E-state index contributed by atoms with van der Waals surface area (Å²) in [5, 5.41) is 4.14. The zero-order valence-electron chi connectivity index (χ0n) is 12.9. The number of nitrogens with one attached hydrogen (secondary N) is 2. The van der Waals surface area contributed by atoms with Crippen molar-refractivity contribution in [3.8, 4) is 0 Å². The van der Waals surface area contributed by atoms with Crippen LogP contribution in [0, 0.1) is 0 Å². The number of hydrogen-bond donors (Lipinski definition) is 2. The van der Waals surface area contributed by atoms with Crippen LogP contribution in [-0.4, -0.2) is 51.4 Å². The van der Waals surface area contributed by atoms with Crippen LogP contribution in [0.4, 0.5) is 4.79 Å². The molecule has 11 heteroatoms. The van der Waals surface area contributed by atoms with Gasteiger partial charge >= 0.3 is 25.7 Å². The second-order valence-corrected chi connectivity index (χ2v) is 5.51. The van der Waals surface area contributed by atoms with E-state index in [0.717, 1.165) is 14.2 Å². The first kappa shape index (κ1) is 20.4. The summed E-state index contributed by atoms with van der Waals surface area (Å²) < 4.78 is 30.7. The van der Waals surface area contributed by atoms with Gasteiger partial charge in [0.2, 0.25) is 0 Å². The summed E-state index contributed by atoms with van der Waals surface area (Å²) >= 11 is 0. The molecule has 1 atom stereocenters. The van der Waals surface area contributed by atoms with E-state index in [0.29, 0.717) is 0 Å². The maximum absolute atomic E-state index is 12.1. The molecule has 22 heavy (non-hydrogen) atoms. The van der Waals surface area contributed by atoms with E-state index in [4.69, 9.17) is 9.05 Å². The maximum Gasteiger partial charge on any atom is 0.436 e. The third kappa shape index (κ3) is 7.39. The molecule has 0 aliphatic rings. The van der Waals surface area contributed by atoms with Crippen LogP contribution in [0.1, 0.15) is 20.3 Å². The fourth-order valence-corrected chi connectivity index (χ4v) is 2.54. The van der Waals surface area contributed by atoms with Crippen molar-refractivity contribution in [2.45, 2.75) is 26.3 Å². The highest BCUT2D eigenvalue weighted by molar-refractivity contribution is 7.52. The van der Waals surface area contributed by atoms with E-state index in [1.807, 2.05) is 5.09 Å². The molecule has 10 nitrogen and oxygen atoms in total. The zero-order chi connectivity index (χ0) is 17.2. The molecule has 0 saturated carbocycles. The molecule has 0 radical (unpaired) electrons. The van der Waals surface area contributed by atoms with Gasteiger partial charge in [-0.05, 0) is 13.8 Å². The van der Waals surface area contributed by atoms with Crippen LogP contribution in [-0.2, 0) is 32.7 Å². The molecule has 0 spiro atoms. The number of carbonyl (C=O) groups excluding carboxylic acids is 3. The highest BCUT2D eigenvalue weighted by Gasteiger charge is 2.30. The van der Waals surface area contributed by atoms with Gasteiger partial charge < -0.3 is 14.8 Å². The minimum Gasteiger partial charge on any atom is -0.469 e. The topological polar surface area (TPSA) is 129 Å². The van der Waals surface area contributed by atoms with Crippen molar-refractivity contribution in [1.29, 1.82) is 0 Å². The predicted octanol–water partition coefficient (Wildman–Crippen LogP) is 0.571. The molecule has 0 rings (SSSR count). The predicted molar refractivity (Wildman–Crippen MR) is 75.0 cm³/mol. The second-order valence-electron chi connectivity index (χ2n) is 3.77. The average molecular weight is 340 g/mol. The number of amides is 2. The number of carbonyl (C=O) groups is 3. The van der Waals surface area contributed by atoms with Crippen molar-refractivity contribution in [3.63, 3.8) is 0 Å². The Kier molecular flexibility index (Phi) is 9.39. The monoisotopic (exact) mass is 340 g/mol. The first-order valence-electron chi connectivity index (χ1n) is 6.44. The van der Waals surface area contributed by atoms with Gasteiger partial charge in [-0.3, -0.25) is 13.8 Å². The van der Waals surface area contributed by atoms with Crippen molar-refractivity contribution < 1.29 is 37.5 Å². The largest absolute Gasteiger partial charge is 0.469 e. The number of methoxy groups -OCH3 is 2. The summed E-state index contributed by atoms with van der Waals surface area (Å²) in [5.41, 5.74) is 0. The average Bonchev–Trinajstić information content (AvgIpc) is 2.45. The third-order valence-electron chi connectivity index (χ3n) is 2.23. The molecule has 0 bridgehead atoms. The Labute approximate surface area is 128 Å². The molecule has 0 fully saturated rings. The first-order valence-corrected chi connectivity index (χ1v) is 7.98. The summed E-state index contributed by atoms with van der Waals surface area (Å²) in [7, 11) is -1.61. The lowest BCUT2D eigenvalue weighted by atomic mass is 10.2. The first-order chi connectivity index (χ1) is 10.3. The Morgan fingerprint density at radius 2 is 1.59 bits per heavy atom.